The molecule has 0 aliphatic carbocycles. The average Bonchev–Trinajstić information content (AvgIpc) is 3.36. The summed E-state index contributed by atoms with van der Waals surface area (Å²) < 4.78 is 41.3. The van der Waals surface area contributed by atoms with Gasteiger partial charge in [0.1, 0.15) is 19.0 Å². The summed E-state index contributed by atoms with van der Waals surface area (Å²) >= 11 is 0. The summed E-state index contributed by atoms with van der Waals surface area (Å²) in [6.07, 6.45) is 2.02. The first-order valence-electron chi connectivity index (χ1n) is 16.8. The summed E-state index contributed by atoms with van der Waals surface area (Å²) in [6.45, 7) is 16.8. The monoisotopic (exact) mass is 699 g/mol. The van der Waals surface area contributed by atoms with Crippen molar-refractivity contribution in [3.63, 3.8) is 0 Å². The first kappa shape index (κ1) is 39.1. The maximum atomic E-state index is 14.4. The van der Waals surface area contributed by atoms with Crippen molar-refractivity contribution in [2.45, 2.75) is 97.0 Å². The molecular formula is C36H55N4O6SSi+. The van der Waals surface area contributed by atoms with Crippen molar-refractivity contribution in [1.82, 2.24) is 10.5 Å². The van der Waals surface area contributed by atoms with Gasteiger partial charge < -0.3 is 14.6 Å². The number of benzene rings is 2. The minimum Gasteiger partial charge on any atom is -0.360 e. The molecule has 12 heteroatoms. The number of carbonyl (C=O) groups excluding carboxylic acids is 2. The molecule has 10 nitrogen and oxygen atoms in total. The van der Waals surface area contributed by atoms with Crippen LogP contribution in [0.4, 0.5) is 5.82 Å². The van der Waals surface area contributed by atoms with Gasteiger partial charge in [-0.2, -0.15) is 0 Å². The second-order valence-electron chi connectivity index (χ2n) is 14.3. The number of unbranched alkanes of at least 4 members (excludes halogenated alkanes) is 1. The molecule has 1 N–H and O–H groups in total. The van der Waals surface area contributed by atoms with Crippen molar-refractivity contribution in [2.75, 3.05) is 31.7 Å². The van der Waals surface area contributed by atoms with Crippen LogP contribution in [-0.2, 0) is 30.9 Å². The Morgan fingerprint density at radius 3 is 2.25 bits per heavy atom. The van der Waals surface area contributed by atoms with E-state index in [1.165, 1.54) is 4.31 Å². The topological polar surface area (TPSA) is 119 Å². The molecule has 0 spiro atoms. The molecule has 2 amide bonds. The number of sulfonamides is 1. The van der Waals surface area contributed by atoms with Gasteiger partial charge >= 0.3 is 5.91 Å². The van der Waals surface area contributed by atoms with Gasteiger partial charge in [0.05, 0.1) is 18.4 Å². The maximum absolute atomic E-state index is 14.4. The van der Waals surface area contributed by atoms with Gasteiger partial charge in [-0.1, -0.05) is 94.5 Å². The van der Waals surface area contributed by atoms with Crippen molar-refractivity contribution in [2.24, 2.45) is 5.92 Å². The lowest BCUT2D eigenvalue weighted by atomic mass is 9.96. The Morgan fingerprint density at radius 1 is 1.06 bits per heavy atom. The van der Waals surface area contributed by atoms with Crippen LogP contribution in [0.2, 0.25) is 25.7 Å². The van der Waals surface area contributed by atoms with Gasteiger partial charge in [-0.05, 0) is 37.9 Å². The van der Waals surface area contributed by atoms with Crippen LogP contribution in [0, 0.1) is 19.8 Å². The standard InChI is InChI=1S/C36H54N4O6SSi/c1-11-12-17-33(41)40(7,34(26(2)3)36(42)37-6)24-29-18-20-30(21-19-29)31-15-13-14-16-32(31)47(43,44)39(25-45-22-23-48(8,9)10)35-27(4)28(5)46-38-35/h13-16,18-21,26,34H,11-12,17,22-25H2,1-10H3/p+1/t34-,40?/m0/s1. The molecule has 0 saturated heterocycles. The van der Waals surface area contributed by atoms with Crippen LogP contribution in [0.1, 0.15) is 56.9 Å². The predicted molar refractivity (Wildman–Crippen MR) is 194 cm³/mol. The molecular weight excluding hydrogens is 645 g/mol. The SMILES string of the molecule is CCCCC(=O)[N+](C)(Cc1ccc(-c2ccccc2S(=O)(=O)N(COCC[Si](C)(C)C)c2noc(C)c2C)cc1)[C@H](C(=O)NC)C(C)C. The number of likely N-dealkylation sites (N-methyl/N-ethyl adjacent to an activating group) is 2. The zero-order valence-corrected chi connectivity index (χ0v) is 32.2. The Morgan fingerprint density at radius 2 is 1.71 bits per heavy atom. The molecule has 0 saturated carbocycles. The second kappa shape index (κ2) is 16.4. The van der Waals surface area contributed by atoms with E-state index in [0.29, 0.717) is 42.0 Å². The minimum atomic E-state index is -4.15. The van der Waals surface area contributed by atoms with Crippen molar-refractivity contribution in [3.8, 4) is 11.1 Å². The van der Waals surface area contributed by atoms with E-state index in [1.807, 2.05) is 52.1 Å². The summed E-state index contributed by atoms with van der Waals surface area (Å²) in [7, 11) is -2.09. The van der Waals surface area contributed by atoms with Gasteiger partial charge in [-0.15, -0.1) is 0 Å². The number of hydrogen-bond donors (Lipinski definition) is 1. The molecule has 1 unspecified atom stereocenters. The molecule has 0 aliphatic rings. The van der Waals surface area contributed by atoms with E-state index < -0.39 is 24.1 Å². The quantitative estimate of drug-likeness (QED) is 0.0705. The van der Waals surface area contributed by atoms with Crippen LogP contribution in [0.25, 0.3) is 11.1 Å². The zero-order chi connectivity index (χ0) is 35.9. The van der Waals surface area contributed by atoms with E-state index in [9.17, 15) is 18.0 Å². The number of nitrogens with one attached hydrogen (secondary N) is 1. The predicted octanol–water partition coefficient (Wildman–Crippen LogP) is 6.90. The number of anilines is 1. The van der Waals surface area contributed by atoms with E-state index >= 15 is 0 Å². The minimum absolute atomic E-state index is 0.0187. The van der Waals surface area contributed by atoms with Gasteiger partial charge in [-0.25, -0.2) is 22.0 Å². The summed E-state index contributed by atoms with van der Waals surface area (Å²) in [5.41, 5.74) is 2.71. The van der Waals surface area contributed by atoms with Crippen molar-refractivity contribution in [1.29, 1.82) is 0 Å². The average molecular weight is 700 g/mol. The highest BCUT2D eigenvalue weighted by molar-refractivity contribution is 7.93. The van der Waals surface area contributed by atoms with E-state index in [2.05, 4.69) is 30.1 Å². The van der Waals surface area contributed by atoms with Crippen LogP contribution in [0.5, 0.6) is 0 Å². The fourth-order valence-corrected chi connectivity index (χ4v) is 8.24. The lowest BCUT2D eigenvalue weighted by Gasteiger charge is -2.40. The number of quaternary nitrogens is 1. The lowest BCUT2D eigenvalue weighted by Crippen LogP contribution is -2.62. The van der Waals surface area contributed by atoms with Crippen LogP contribution in [-0.4, -0.2) is 71.4 Å². The van der Waals surface area contributed by atoms with Crippen molar-refractivity contribution >= 4 is 35.7 Å². The Kier molecular flexibility index (Phi) is 13.4. The van der Waals surface area contributed by atoms with Gasteiger partial charge in [-0.3, -0.25) is 4.79 Å². The third-order valence-electron chi connectivity index (χ3n) is 8.88. The summed E-state index contributed by atoms with van der Waals surface area (Å²) in [5, 5.41) is 6.87. The van der Waals surface area contributed by atoms with Crippen molar-refractivity contribution in [3.05, 3.63) is 65.4 Å². The number of aromatic nitrogens is 1. The van der Waals surface area contributed by atoms with E-state index in [1.54, 1.807) is 45.2 Å². The third-order valence-corrected chi connectivity index (χ3v) is 12.4. The highest BCUT2D eigenvalue weighted by Crippen LogP contribution is 2.34. The number of carbonyl (C=O) groups is 2. The molecule has 3 rings (SSSR count). The molecule has 2 aromatic carbocycles. The number of hydrogen-bond acceptors (Lipinski definition) is 7. The molecule has 1 heterocycles. The maximum Gasteiger partial charge on any atom is 0.314 e. The fourth-order valence-electron chi connectivity index (χ4n) is 5.92. The molecule has 0 aliphatic heterocycles. The Balaban J connectivity index is 2.02. The van der Waals surface area contributed by atoms with E-state index in [4.69, 9.17) is 9.26 Å². The van der Waals surface area contributed by atoms with E-state index in [-0.39, 0.29) is 39.7 Å². The van der Waals surface area contributed by atoms with Crippen LogP contribution in [0.15, 0.2) is 57.9 Å². The Hall–Kier alpha value is -3.32. The fraction of sp³-hybridized carbons (Fsp3) is 0.528. The molecule has 2 atom stereocenters. The van der Waals surface area contributed by atoms with Gasteiger partial charge in [0.2, 0.25) is 0 Å². The summed E-state index contributed by atoms with van der Waals surface area (Å²) in [5.74, 6) is 0.513. The summed E-state index contributed by atoms with van der Waals surface area (Å²) in [6, 6.07) is 14.8. The molecule has 0 fully saturated rings. The first-order valence-corrected chi connectivity index (χ1v) is 21.9. The lowest BCUT2D eigenvalue weighted by molar-refractivity contribution is -0.868. The summed E-state index contributed by atoms with van der Waals surface area (Å²) in [4.78, 5) is 26.9. The van der Waals surface area contributed by atoms with Gasteiger partial charge in [0.15, 0.2) is 11.9 Å². The Bertz CT molecular complexity index is 1650. The smallest absolute Gasteiger partial charge is 0.314 e. The first-order chi connectivity index (χ1) is 22.5. The Labute approximate surface area is 288 Å². The van der Waals surface area contributed by atoms with Crippen LogP contribution >= 0.6 is 0 Å². The van der Waals surface area contributed by atoms with Gasteiger partial charge in [0.25, 0.3) is 15.9 Å². The second-order valence-corrected chi connectivity index (χ2v) is 21.8. The number of ether oxygens (including phenoxy) is 1. The number of rotatable bonds is 17. The van der Waals surface area contributed by atoms with Gasteiger partial charge in [0, 0.05) is 44.3 Å². The highest BCUT2D eigenvalue weighted by atomic mass is 32.2. The number of nitrogens with zero attached hydrogens (tertiary/aromatic N) is 3. The molecule has 0 bridgehead atoms. The molecule has 0 radical (unpaired) electrons. The largest absolute Gasteiger partial charge is 0.360 e. The zero-order valence-electron chi connectivity index (χ0n) is 30.4. The molecule has 1 aromatic heterocycles. The normalized spacial score (nSPS) is 14.1. The van der Waals surface area contributed by atoms with Crippen molar-refractivity contribution < 1.29 is 31.7 Å². The van der Waals surface area contributed by atoms with Crippen LogP contribution < -0.4 is 9.62 Å². The molecule has 264 valence electrons. The van der Waals surface area contributed by atoms with Crippen LogP contribution in [0.3, 0.4) is 0 Å². The molecule has 48 heavy (non-hydrogen) atoms. The highest BCUT2D eigenvalue weighted by Gasteiger charge is 2.45. The number of amides is 2. The van der Waals surface area contributed by atoms with E-state index in [0.717, 1.165) is 24.4 Å². The third kappa shape index (κ3) is 9.22. The number of aryl methyl sites for hydroxylation is 1. The molecule has 3 aromatic rings.